The van der Waals surface area contributed by atoms with Gasteiger partial charge in [0.2, 0.25) is 0 Å². The summed E-state index contributed by atoms with van der Waals surface area (Å²) in [6, 6.07) is 1.35. The zero-order valence-corrected chi connectivity index (χ0v) is 18.4. The van der Waals surface area contributed by atoms with E-state index >= 15 is 4.39 Å². The summed E-state index contributed by atoms with van der Waals surface area (Å²) in [4.78, 5) is 18.5. The molecular formula is C21H34FN5O3. The van der Waals surface area contributed by atoms with Crippen molar-refractivity contribution in [2.45, 2.75) is 39.5 Å². The highest BCUT2D eigenvalue weighted by Crippen LogP contribution is 2.31. The van der Waals surface area contributed by atoms with E-state index in [1.165, 1.54) is 18.2 Å². The normalized spacial score (nSPS) is 17.5. The summed E-state index contributed by atoms with van der Waals surface area (Å²) in [6.07, 6.45) is 2.69. The molecule has 0 amide bonds. The van der Waals surface area contributed by atoms with Gasteiger partial charge in [-0.2, -0.15) is 0 Å². The molecule has 0 spiro atoms. The maximum atomic E-state index is 15.3. The molecule has 0 radical (unpaired) electrons. The number of hydrogen-bond acceptors (Lipinski definition) is 8. The van der Waals surface area contributed by atoms with Crippen LogP contribution < -0.4 is 16.5 Å². The van der Waals surface area contributed by atoms with Crippen LogP contribution in [0.1, 0.15) is 44.5 Å². The van der Waals surface area contributed by atoms with Crippen LogP contribution in [0.2, 0.25) is 0 Å². The molecule has 0 aromatic carbocycles. The number of rotatable bonds is 9. The molecule has 0 saturated carbocycles. The summed E-state index contributed by atoms with van der Waals surface area (Å²) in [7, 11) is 3.18. The van der Waals surface area contributed by atoms with Crippen LogP contribution in [-0.2, 0) is 20.7 Å². The first-order valence-electron chi connectivity index (χ1n) is 10.4. The Kier molecular flexibility index (Phi) is 8.86. The Balaban J connectivity index is 2.33. The number of likely N-dealkylation sites (N-methyl/N-ethyl adjacent to an activating group) is 1. The van der Waals surface area contributed by atoms with Crippen LogP contribution in [0.5, 0.6) is 0 Å². The third kappa shape index (κ3) is 5.82. The molecule has 168 valence electrons. The molecule has 2 heterocycles. The highest BCUT2D eigenvalue weighted by atomic mass is 19.1. The van der Waals surface area contributed by atoms with Crippen molar-refractivity contribution in [1.29, 1.82) is 0 Å². The number of halogens is 1. The van der Waals surface area contributed by atoms with Gasteiger partial charge in [0.15, 0.2) is 5.82 Å². The van der Waals surface area contributed by atoms with E-state index in [9.17, 15) is 4.79 Å². The van der Waals surface area contributed by atoms with E-state index in [4.69, 9.17) is 21.1 Å². The van der Waals surface area contributed by atoms with Gasteiger partial charge in [0.1, 0.15) is 0 Å². The van der Waals surface area contributed by atoms with Gasteiger partial charge in [0, 0.05) is 33.3 Å². The fourth-order valence-corrected chi connectivity index (χ4v) is 3.82. The molecule has 2 rings (SSSR count). The molecule has 0 aliphatic carbocycles. The minimum absolute atomic E-state index is 0.130. The summed E-state index contributed by atoms with van der Waals surface area (Å²) < 4.78 is 25.5. The Bertz CT molecular complexity index is 769. The maximum Gasteiger partial charge on any atom is 0.306 e. The lowest BCUT2D eigenvalue weighted by atomic mass is 9.94. The Morgan fingerprint density at radius 1 is 1.43 bits per heavy atom. The number of methoxy groups -OCH3 is 1. The lowest BCUT2D eigenvalue weighted by Crippen LogP contribution is -2.38. The van der Waals surface area contributed by atoms with E-state index in [1.54, 1.807) is 14.0 Å². The Morgan fingerprint density at radius 3 is 2.77 bits per heavy atom. The van der Waals surface area contributed by atoms with Crippen LogP contribution in [0, 0.1) is 11.7 Å². The summed E-state index contributed by atoms with van der Waals surface area (Å²) in [5.74, 6) is 5.38. The number of ether oxygens (including phenoxy) is 2. The van der Waals surface area contributed by atoms with Crippen LogP contribution in [0.3, 0.4) is 0 Å². The zero-order chi connectivity index (χ0) is 22.3. The summed E-state index contributed by atoms with van der Waals surface area (Å²) >= 11 is 0. The molecule has 1 aliphatic rings. The number of hydrazine groups is 1. The number of aromatic nitrogens is 1. The smallest absolute Gasteiger partial charge is 0.306 e. The fourth-order valence-electron chi connectivity index (χ4n) is 3.82. The Labute approximate surface area is 178 Å². The second kappa shape index (κ2) is 11.1. The number of hydrogen-bond donors (Lipinski definition) is 2. The largest absolute Gasteiger partial charge is 0.466 e. The van der Waals surface area contributed by atoms with E-state index < -0.39 is 0 Å². The second-order valence-electron chi connectivity index (χ2n) is 7.51. The van der Waals surface area contributed by atoms with Gasteiger partial charge in [0.05, 0.1) is 48.1 Å². The van der Waals surface area contributed by atoms with E-state index in [0.717, 1.165) is 19.4 Å². The number of anilines is 1. The van der Waals surface area contributed by atoms with Crippen molar-refractivity contribution in [3.05, 3.63) is 29.0 Å². The van der Waals surface area contributed by atoms with Gasteiger partial charge in [-0.1, -0.05) is 6.92 Å². The average Bonchev–Trinajstić information content (AvgIpc) is 2.70. The number of aryl methyl sites for hydroxylation is 1. The van der Waals surface area contributed by atoms with Gasteiger partial charge in [-0.25, -0.2) is 15.2 Å². The molecule has 4 N–H and O–H groups in total. The number of piperidine rings is 1. The van der Waals surface area contributed by atoms with E-state index in [-0.39, 0.29) is 30.0 Å². The van der Waals surface area contributed by atoms with Crippen molar-refractivity contribution >= 4 is 17.4 Å². The molecule has 1 aromatic rings. The summed E-state index contributed by atoms with van der Waals surface area (Å²) in [5, 5.41) is 1.35. The van der Waals surface area contributed by atoms with Gasteiger partial charge in [-0.05, 0) is 32.1 Å². The number of pyridine rings is 1. The van der Waals surface area contributed by atoms with Gasteiger partial charge >= 0.3 is 5.97 Å². The highest BCUT2D eigenvalue weighted by molar-refractivity contribution is 5.70. The average molecular weight is 424 g/mol. The first kappa shape index (κ1) is 23.9. The molecule has 1 aliphatic heterocycles. The first-order chi connectivity index (χ1) is 14.3. The molecule has 8 nitrogen and oxygen atoms in total. The SMILES string of the molecule is CCOC(=O)CC1CCCN(c2c(F)cc(/C(N)=C(\COC)N(C)N)nc2CC)C1. The molecule has 0 bridgehead atoms. The standard InChI is InChI=1S/C21H34FN5O3/c1-5-16-21(27-9-7-8-14(12-27)10-19(28)30-6-2)15(22)11-17(25-16)20(23)18(13-29-4)26(3)24/h11,14H,5-10,12-13,23-24H2,1-4H3/b20-18-. The predicted octanol–water partition coefficient (Wildman–Crippen LogP) is 2.03. The topological polar surface area (TPSA) is 107 Å². The third-order valence-corrected chi connectivity index (χ3v) is 5.24. The van der Waals surface area contributed by atoms with E-state index in [2.05, 4.69) is 4.98 Å². The van der Waals surface area contributed by atoms with Crippen LogP contribution in [-0.4, -0.2) is 56.4 Å². The second-order valence-corrected chi connectivity index (χ2v) is 7.51. The quantitative estimate of drug-likeness (QED) is 0.353. The van der Waals surface area contributed by atoms with Crippen LogP contribution in [0.15, 0.2) is 11.8 Å². The number of esters is 1. The molecule has 1 saturated heterocycles. The number of carbonyl (C=O) groups excluding carboxylic acids is 1. The van der Waals surface area contributed by atoms with Crippen molar-refractivity contribution in [2.75, 3.05) is 45.4 Å². The number of nitrogens with two attached hydrogens (primary N) is 2. The van der Waals surface area contributed by atoms with Gasteiger partial charge in [0.25, 0.3) is 0 Å². The molecular weight excluding hydrogens is 389 g/mol. The van der Waals surface area contributed by atoms with Crippen molar-refractivity contribution in [1.82, 2.24) is 9.99 Å². The molecule has 1 aromatic heterocycles. The minimum atomic E-state index is -0.381. The summed E-state index contributed by atoms with van der Waals surface area (Å²) in [5.41, 5.74) is 8.48. The van der Waals surface area contributed by atoms with Crippen molar-refractivity contribution < 1.29 is 18.7 Å². The lowest BCUT2D eigenvalue weighted by Gasteiger charge is -2.35. The number of nitrogens with zero attached hydrogens (tertiary/aromatic N) is 3. The lowest BCUT2D eigenvalue weighted by molar-refractivity contribution is -0.144. The van der Waals surface area contributed by atoms with Gasteiger partial charge in [-0.3, -0.25) is 4.79 Å². The van der Waals surface area contributed by atoms with Gasteiger partial charge < -0.3 is 25.1 Å². The third-order valence-electron chi connectivity index (χ3n) is 5.24. The highest BCUT2D eigenvalue weighted by Gasteiger charge is 2.27. The molecule has 1 fully saturated rings. The Hall–Kier alpha value is -2.39. The Morgan fingerprint density at radius 2 is 2.17 bits per heavy atom. The minimum Gasteiger partial charge on any atom is -0.466 e. The molecule has 1 unspecified atom stereocenters. The molecule has 1 atom stereocenters. The van der Waals surface area contributed by atoms with Crippen LogP contribution in [0.4, 0.5) is 10.1 Å². The summed E-state index contributed by atoms with van der Waals surface area (Å²) in [6.45, 7) is 5.59. The van der Waals surface area contributed by atoms with Crippen molar-refractivity contribution in [3.63, 3.8) is 0 Å². The van der Waals surface area contributed by atoms with Crippen molar-refractivity contribution in [2.24, 2.45) is 17.5 Å². The molecule has 30 heavy (non-hydrogen) atoms. The van der Waals surface area contributed by atoms with Crippen LogP contribution >= 0.6 is 0 Å². The maximum absolute atomic E-state index is 15.3. The molecule has 9 heteroatoms. The fraction of sp³-hybridized carbons (Fsp3) is 0.619. The van der Waals surface area contributed by atoms with E-state index in [1.807, 2.05) is 11.8 Å². The van der Waals surface area contributed by atoms with Crippen LogP contribution in [0.25, 0.3) is 5.70 Å². The number of carbonyl (C=O) groups is 1. The van der Waals surface area contributed by atoms with Crippen molar-refractivity contribution in [3.8, 4) is 0 Å². The van der Waals surface area contributed by atoms with Gasteiger partial charge in [-0.15, -0.1) is 0 Å². The first-order valence-corrected chi connectivity index (χ1v) is 10.4. The predicted molar refractivity (Wildman–Crippen MR) is 115 cm³/mol. The van der Waals surface area contributed by atoms with E-state index in [0.29, 0.717) is 48.8 Å². The monoisotopic (exact) mass is 423 g/mol. The zero-order valence-electron chi connectivity index (χ0n) is 18.4.